The van der Waals surface area contributed by atoms with Crippen molar-refractivity contribution >= 4 is 11.9 Å². The van der Waals surface area contributed by atoms with Crippen molar-refractivity contribution in [2.75, 3.05) is 31.1 Å². The summed E-state index contributed by atoms with van der Waals surface area (Å²) in [6.45, 7) is 6.13. The van der Waals surface area contributed by atoms with Crippen LogP contribution in [0.2, 0.25) is 0 Å². The Morgan fingerprint density at radius 1 is 1.23 bits per heavy atom. The maximum absolute atomic E-state index is 11.9. The minimum absolute atomic E-state index is 0.00711. The van der Waals surface area contributed by atoms with Gasteiger partial charge >= 0.3 is 6.09 Å². The fourth-order valence-corrected chi connectivity index (χ4v) is 3.35. The molecule has 1 amide bonds. The summed E-state index contributed by atoms with van der Waals surface area (Å²) in [5.74, 6) is 0.872. The van der Waals surface area contributed by atoms with Crippen molar-refractivity contribution < 1.29 is 9.90 Å². The van der Waals surface area contributed by atoms with Crippen LogP contribution in [0, 0.1) is 6.92 Å². The van der Waals surface area contributed by atoms with Crippen LogP contribution in [0.4, 0.5) is 10.6 Å². The van der Waals surface area contributed by atoms with Gasteiger partial charge in [0.2, 0.25) is 0 Å². The van der Waals surface area contributed by atoms with Gasteiger partial charge in [-0.05, 0) is 31.5 Å². The number of nitrogens with zero attached hydrogens (tertiary/aromatic N) is 4. The molecule has 1 aliphatic rings. The molecule has 1 saturated heterocycles. The molecule has 0 aromatic carbocycles. The highest BCUT2D eigenvalue weighted by Crippen LogP contribution is 2.26. The Morgan fingerprint density at radius 2 is 1.92 bits per heavy atom. The maximum atomic E-state index is 11.9. The highest BCUT2D eigenvalue weighted by atomic mass is 16.4. The zero-order chi connectivity index (χ0) is 18.8. The molecule has 7 nitrogen and oxygen atoms in total. The van der Waals surface area contributed by atoms with E-state index in [9.17, 15) is 9.59 Å². The van der Waals surface area contributed by atoms with Crippen LogP contribution in [0.25, 0.3) is 11.1 Å². The number of carboxylic acid groups (broad SMARTS) is 1. The third kappa shape index (κ3) is 3.42. The van der Waals surface area contributed by atoms with Gasteiger partial charge in [0.1, 0.15) is 5.82 Å². The molecular formula is C19H24N4O3. The number of hydrogen-bond donors (Lipinski definition) is 1. The molecule has 7 heteroatoms. The lowest BCUT2D eigenvalue weighted by Gasteiger charge is -2.34. The van der Waals surface area contributed by atoms with E-state index >= 15 is 0 Å². The van der Waals surface area contributed by atoms with Gasteiger partial charge in [0.25, 0.3) is 5.56 Å². The van der Waals surface area contributed by atoms with Gasteiger partial charge in [-0.2, -0.15) is 0 Å². The van der Waals surface area contributed by atoms with Crippen LogP contribution in [0.1, 0.15) is 18.2 Å². The standard InChI is InChI=1S/C19H24N4O3/c1-4-16-15(14-11-13(2)18(24)21(3)12-14)5-6-17(20-16)22-7-9-23(10-8-22)19(25)26/h5-6,11-12H,4,7-10H2,1-3H3,(H,25,26). The first-order valence-corrected chi connectivity index (χ1v) is 8.81. The van der Waals surface area contributed by atoms with Gasteiger partial charge in [0.15, 0.2) is 0 Å². The van der Waals surface area contributed by atoms with Crippen molar-refractivity contribution in [1.29, 1.82) is 0 Å². The van der Waals surface area contributed by atoms with E-state index in [1.165, 1.54) is 4.90 Å². The predicted molar refractivity (Wildman–Crippen MR) is 101 cm³/mol. The molecule has 0 bridgehead atoms. The molecule has 3 heterocycles. The minimum atomic E-state index is -0.868. The Balaban J connectivity index is 1.89. The Labute approximate surface area is 152 Å². The zero-order valence-corrected chi connectivity index (χ0v) is 15.4. The number of hydrogen-bond acceptors (Lipinski definition) is 4. The van der Waals surface area contributed by atoms with E-state index in [0.29, 0.717) is 31.7 Å². The molecule has 0 saturated carbocycles. The summed E-state index contributed by atoms with van der Waals surface area (Å²) in [4.78, 5) is 31.3. The first-order valence-electron chi connectivity index (χ1n) is 8.81. The van der Waals surface area contributed by atoms with Gasteiger partial charge < -0.3 is 19.5 Å². The smallest absolute Gasteiger partial charge is 0.407 e. The molecule has 138 valence electrons. The molecule has 1 fully saturated rings. The number of aryl methyl sites for hydroxylation is 3. The van der Waals surface area contributed by atoms with E-state index < -0.39 is 6.09 Å². The summed E-state index contributed by atoms with van der Waals surface area (Å²) in [5.41, 5.74) is 3.70. The summed E-state index contributed by atoms with van der Waals surface area (Å²) >= 11 is 0. The fraction of sp³-hybridized carbons (Fsp3) is 0.421. The van der Waals surface area contributed by atoms with E-state index in [1.54, 1.807) is 11.6 Å². The number of aromatic nitrogens is 2. The summed E-state index contributed by atoms with van der Waals surface area (Å²) in [6, 6.07) is 5.93. The highest BCUT2D eigenvalue weighted by molar-refractivity contribution is 5.68. The Hall–Kier alpha value is -2.83. The molecule has 1 N–H and O–H groups in total. The second kappa shape index (κ2) is 7.19. The average molecular weight is 356 g/mol. The fourth-order valence-electron chi connectivity index (χ4n) is 3.35. The van der Waals surface area contributed by atoms with Gasteiger partial charge in [0.05, 0.1) is 5.69 Å². The second-order valence-corrected chi connectivity index (χ2v) is 6.60. The van der Waals surface area contributed by atoms with Crippen LogP contribution >= 0.6 is 0 Å². The Morgan fingerprint density at radius 3 is 2.50 bits per heavy atom. The van der Waals surface area contributed by atoms with Crippen LogP contribution in [0.5, 0.6) is 0 Å². The Kier molecular flexibility index (Phi) is 4.97. The van der Waals surface area contributed by atoms with E-state index in [0.717, 1.165) is 29.1 Å². The van der Waals surface area contributed by atoms with Crippen LogP contribution in [-0.4, -0.2) is 51.8 Å². The average Bonchev–Trinajstić information content (AvgIpc) is 2.65. The predicted octanol–water partition coefficient (Wildman–Crippen LogP) is 2.12. The number of carbonyl (C=O) groups is 1. The lowest BCUT2D eigenvalue weighted by Crippen LogP contribution is -2.48. The van der Waals surface area contributed by atoms with Crippen molar-refractivity contribution in [2.45, 2.75) is 20.3 Å². The lowest BCUT2D eigenvalue weighted by molar-refractivity contribution is 0.142. The molecule has 2 aromatic heterocycles. The van der Waals surface area contributed by atoms with E-state index in [-0.39, 0.29) is 5.56 Å². The van der Waals surface area contributed by atoms with Crippen LogP contribution in [0.15, 0.2) is 29.2 Å². The van der Waals surface area contributed by atoms with E-state index in [1.807, 2.05) is 31.3 Å². The van der Waals surface area contributed by atoms with Gasteiger partial charge in [-0.25, -0.2) is 9.78 Å². The van der Waals surface area contributed by atoms with Crippen LogP contribution in [0.3, 0.4) is 0 Å². The summed E-state index contributed by atoms with van der Waals surface area (Å²) < 4.78 is 1.60. The SMILES string of the molecule is CCc1nc(N2CCN(C(=O)O)CC2)ccc1-c1cc(C)c(=O)n(C)c1. The van der Waals surface area contributed by atoms with Gasteiger partial charge in [-0.1, -0.05) is 6.92 Å². The third-order valence-electron chi connectivity index (χ3n) is 4.84. The molecule has 3 rings (SSSR count). The lowest BCUT2D eigenvalue weighted by atomic mass is 10.0. The molecular weight excluding hydrogens is 332 g/mol. The summed E-state index contributed by atoms with van der Waals surface area (Å²) in [5, 5.41) is 9.07. The van der Waals surface area contributed by atoms with Crippen LogP contribution in [-0.2, 0) is 13.5 Å². The van der Waals surface area contributed by atoms with Gasteiger partial charge in [-0.3, -0.25) is 4.79 Å². The van der Waals surface area contributed by atoms with Crippen molar-refractivity contribution in [3.8, 4) is 11.1 Å². The van der Waals surface area contributed by atoms with Crippen LogP contribution < -0.4 is 10.5 Å². The van der Waals surface area contributed by atoms with Gasteiger partial charge in [0, 0.05) is 56.1 Å². The molecule has 1 aliphatic heterocycles. The molecule has 0 unspecified atom stereocenters. The first kappa shape index (κ1) is 18.0. The monoisotopic (exact) mass is 356 g/mol. The Bertz CT molecular complexity index is 857. The molecule has 0 radical (unpaired) electrons. The van der Waals surface area contributed by atoms with Crippen molar-refractivity contribution in [3.63, 3.8) is 0 Å². The van der Waals surface area contributed by atoms with Crippen molar-refractivity contribution in [3.05, 3.63) is 46.0 Å². The van der Waals surface area contributed by atoms with E-state index in [2.05, 4.69) is 11.8 Å². The number of anilines is 1. The highest BCUT2D eigenvalue weighted by Gasteiger charge is 2.22. The maximum Gasteiger partial charge on any atom is 0.407 e. The largest absolute Gasteiger partial charge is 0.465 e. The number of amides is 1. The van der Waals surface area contributed by atoms with Crippen molar-refractivity contribution in [2.24, 2.45) is 7.05 Å². The summed E-state index contributed by atoms with van der Waals surface area (Å²) in [7, 11) is 1.76. The number of piperazine rings is 1. The first-order chi connectivity index (χ1) is 12.4. The van der Waals surface area contributed by atoms with E-state index in [4.69, 9.17) is 10.1 Å². The quantitative estimate of drug-likeness (QED) is 0.911. The molecule has 0 spiro atoms. The van der Waals surface area contributed by atoms with Crippen molar-refractivity contribution in [1.82, 2.24) is 14.5 Å². The molecule has 0 aliphatic carbocycles. The topological polar surface area (TPSA) is 78.7 Å². The minimum Gasteiger partial charge on any atom is -0.465 e. The molecule has 2 aromatic rings. The molecule has 0 atom stereocenters. The number of rotatable bonds is 3. The zero-order valence-electron chi connectivity index (χ0n) is 15.4. The third-order valence-corrected chi connectivity index (χ3v) is 4.84. The second-order valence-electron chi connectivity index (χ2n) is 6.60. The normalized spacial score (nSPS) is 14.6. The molecule has 26 heavy (non-hydrogen) atoms. The number of pyridine rings is 2. The summed E-state index contributed by atoms with van der Waals surface area (Å²) in [6.07, 6.45) is 1.75. The van der Waals surface area contributed by atoms with Gasteiger partial charge in [-0.15, -0.1) is 0 Å².